The Bertz CT molecular complexity index is 3500. The topological polar surface area (TPSA) is 30.7 Å². The summed E-state index contributed by atoms with van der Waals surface area (Å²) in [6, 6.07) is 72.2. The molecule has 0 unspecified atom stereocenters. The van der Waals surface area contributed by atoms with E-state index in [1.165, 1.54) is 60.3 Å². The first-order valence-corrected chi connectivity index (χ1v) is 20.8. The molecule has 1 aliphatic rings. The van der Waals surface area contributed by atoms with Crippen molar-refractivity contribution < 1.29 is 0 Å². The molecule has 282 valence electrons. The monoisotopic (exact) mass is 765 g/mol. The Hall–Kier alpha value is -7.62. The number of hydrogen-bond acceptors (Lipinski definition) is 2. The Morgan fingerprint density at radius 2 is 0.917 bits per heavy atom. The molecule has 0 saturated carbocycles. The van der Waals surface area contributed by atoms with E-state index in [1.54, 1.807) is 0 Å². The molecular weight excluding hydrogens is 727 g/mol. The zero-order chi connectivity index (χ0) is 40.0. The molecule has 0 atom stereocenters. The first kappa shape index (κ1) is 34.4. The molecule has 12 rings (SSSR count). The van der Waals surface area contributed by atoms with Gasteiger partial charge in [-0.2, -0.15) is 0 Å². The van der Waals surface area contributed by atoms with Crippen LogP contribution >= 0.6 is 0 Å². The van der Waals surface area contributed by atoms with Crippen LogP contribution in [0.15, 0.2) is 200 Å². The molecule has 0 spiro atoms. The van der Waals surface area contributed by atoms with Crippen LogP contribution in [0.3, 0.4) is 0 Å². The van der Waals surface area contributed by atoms with Crippen molar-refractivity contribution in [2.75, 3.05) is 0 Å². The summed E-state index contributed by atoms with van der Waals surface area (Å²) in [6.07, 6.45) is 0. The molecule has 2 aromatic heterocycles. The van der Waals surface area contributed by atoms with Gasteiger partial charge in [-0.15, -0.1) is 0 Å². The van der Waals surface area contributed by atoms with Crippen LogP contribution in [-0.2, 0) is 5.41 Å². The molecule has 0 aliphatic heterocycles. The smallest absolute Gasteiger partial charge is 0.160 e. The van der Waals surface area contributed by atoms with Crippen molar-refractivity contribution in [3.8, 4) is 61.8 Å². The maximum Gasteiger partial charge on any atom is 0.160 e. The predicted molar refractivity (Wildman–Crippen MR) is 251 cm³/mol. The highest BCUT2D eigenvalue weighted by Crippen LogP contribution is 2.55. The molecule has 11 aromatic rings. The largest absolute Gasteiger partial charge is 0.309 e. The Labute approximate surface area is 348 Å². The quantitative estimate of drug-likeness (QED) is 0.175. The van der Waals surface area contributed by atoms with Gasteiger partial charge in [0, 0.05) is 38.6 Å². The fourth-order valence-corrected chi connectivity index (χ4v) is 10.3. The molecule has 2 heterocycles. The molecule has 3 nitrogen and oxygen atoms in total. The summed E-state index contributed by atoms with van der Waals surface area (Å²) in [5.74, 6) is 0.702. The van der Waals surface area contributed by atoms with E-state index in [2.05, 4.69) is 213 Å². The summed E-state index contributed by atoms with van der Waals surface area (Å²) in [7, 11) is 0. The zero-order valence-electron chi connectivity index (χ0n) is 33.4. The van der Waals surface area contributed by atoms with Gasteiger partial charge in [0.15, 0.2) is 5.82 Å². The summed E-state index contributed by atoms with van der Waals surface area (Å²) in [5, 5.41) is 7.34. The van der Waals surface area contributed by atoms with E-state index in [0.717, 1.165) is 50.2 Å². The van der Waals surface area contributed by atoms with E-state index in [-0.39, 0.29) is 5.41 Å². The molecule has 0 N–H and O–H groups in total. The SMILES string of the molecule is CC1(C)c2c(cccc2-c2ccc(-c3cc(-c4cccc5c4c4ccccc4n5-c4ccccc4)nc(-c4ccccc4)n3)c3ccccc23)-c2ccc3ccccc3c21. The molecule has 9 aromatic carbocycles. The van der Waals surface area contributed by atoms with E-state index < -0.39 is 0 Å². The number of benzene rings is 9. The van der Waals surface area contributed by atoms with Crippen LogP contribution in [0.25, 0.3) is 105 Å². The van der Waals surface area contributed by atoms with Gasteiger partial charge in [-0.1, -0.05) is 184 Å². The minimum Gasteiger partial charge on any atom is -0.309 e. The molecule has 0 fully saturated rings. The van der Waals surface area contributed by atoms with Crippen LogP contribution in [-0.4, -0.2) is 14.5 Å². The van der Waals surface area contributed by atoms with Crippen LogP contribution in [0.4, 0.5) is 0 Å². The van der Waals surface area contributed by atoms with Gasteiger partial charge in [0.1, 0.15) is 0 Å². The summed E-state index contributed by atoms with van der Waals surface area (Å²) in [6.45, 7) is 4.80. The van der Waals surface area contributed by atoms with Gasteiger partial charge < -0.3 is 4.57 Å². The van der Waals surface area contributed by atoms with Crippen molar-refractivity contribution >= 4 is 43.4 Å². The number of hydrogen-bond donors (Lipinski definition) is 0. The molecule has 3 heteroatoms. The molecule has 1 aliphatic carbocycles. The van der Waals surface area contributed by atoms with Crippen molar-refractivity contribution in [2.24, 2.45) is 0 Å². The predicted octanol–water partition coefficient (Wildman–Crippen LogP) is 14.9. The summed E-state index contributed by atoms with van der Waals surface area (Å²) in [4.78, 5) is 10.7. The Morgan fingerprint density at radius 1 is 0.383 bits per heavy atom. The van der Waals surface area contributed by atoms with Gasteiger partial charge >= 0.3 is 0 Å². The second kappa shape index (κ2) is 13.2. The van der Waals surface area contributed by atoms with E-state index in [4.69, 9.17) is 9.97 Å². The fraction of sp³-hybridized carbons (Fsp3) is 0.0526. The summed E-state index contributed by atoms with van der Waals surface area (Å²) < 4.78 is 2.36. The van der Waals surface area contributed by atoms with Crippen molar-refractivity contribution in [2.45, 2.75) is 19.3 Å². The maximum atomic E-state index is 5.37. The third-order valence-corrected chi connectivity index (χ3v) is 12.8. The van der Waals surface area contributed by atoms with Crippen molar-refractivity contribution in [3.05, 3.63) is 211 Å². The van der Waals surface area contributed by atoms with Crippen LogP contribution in [0.1, 0.15) is 25.0 Å². The normalized spacial score (nSPS) is 13.0. The van der Waals surface area contributed by atoms with E-state index in [1.807, 2.05) is 6.07 Å². The van der Waals surface area contributed by atoms with Gasteiger partial charge in [-0.05, 0) is 85.3 Å². The highest BCUT2D eigenvalue weighted by molar-refractivity contribution is 6.16. The number of aromatic nitrogens is 3. The lowest BCUT2D eigenvalue weighted by Gasteiger charge is -2.26. The van der Waals surface area contributed by atoms with Crippen molar-refractivity contribution in [1.82, 2.24) is 14.5 Å². The minimum atomic E-state index is -0.196. The van der Waals surface area contributed by atoms with Gasteiger partial charge in [0.25, 0.3) is 0 Å². The maximum absolute atomic E-state index is 5.37. The summed E-state index contributed by atoms with van der Waals surface area (Å²) >= 11 is 0. The minimum absolute atomic E-state index is 0.196. The second-order valence-electron chi connectivity index (χ2n) is 16.5. The first-order chi connectivity index (χ1) is 29.5. The second-order valence-corrected chi connectivity index (χ2v) is 16.5. The highest BCUT2D eigenvalue weighted by atomic mass is 15.0. The van der Waals surface area contributed by atoms with Crippen molar-refractivity contribution in [3.63, 3.8) is 0 Å². The van der Waals surface area contributed by atoms with Gasteiger partial charge in [-0.25, -0.2) is 9.97 Å². The van der Waals surface area contributed by atoms with Crippen LogP contribution in [0, 0.1) is 0 Å². The van der Waals surface area contributed by atoms with Gasteiger partial charge in [0.05, 0.1) is 22.4 Å². The average Bonchev–Trinajstić information content (AvgIpc) is 3.78. The van der Waals surface area contributed by atoms with Crippen LogP contribution in [0.2, 0.25) is 0 Å². The Kier molecular flexibility index (Phi) is 7.58. The lowest BCUT2D eigenvalue weighted by Crippen LogP contribution is -2.17. The fourth-order valence-electron chi connectivity index (χ4n) is 10.3. The number of para-hydroxylation sites is 2. The van der Waals surface area contributed by atoms with E-state index in [0.29, 0.717) is 5.82 Å². The highest BCUT2D eigenvalue weighted by Gasteiger charge is 2.39. The zero-order valence-corrected chi connectivity index (χ0v) is 33.4. The third kappa shape index (κ3) is 5.09. The molecule has 0 saturated heterocycles. The molecular formula is C57H39N3. The third-order valence-electron chi connectivity index (χ3n) is 12.8. The average molecular weight is 766 g/mol. The summed E-state index contributed by atoms with van der Waals surface area (Å²) in [5.41, 5.74) is 16.1. The molecule has 0 amide bonds. The number of nitrogens with zero attached hydrogens (tertiary/aromatic N) is 3. The molecule has 0 radical (unpaired) electrons. The van der Waals surface area contributed by atoms with Crippen molar-refractivity contribution in [1.29, 1.82) is 0 Å². The molecule has 60 heavy (non-hydrogen) atoms. The number of rotatable bonds is 5. The standard InChI is InChI=1S/C57H39N3/c1-57(2)54-39-22-10-9-17-36(39)31-32-46(54)45-27-15-26-44(55(45)57)42-33-34-43(41-24-12-11-23-40(41)42)49-35-50(59-56(58-49)37-18-5-3-6-19-37)47-28-16-30-52-53(47)48-25-13-14-29-51(48)60(52)38-20-7-4-8-21-38/h3-35H,1-2H3. The van der Waals surface area contributed by atoms with Gasteiger partial charge in [0.2, 0.25) is 0 Å². The van der Waals surface area contributed by atoms with Crippen LogP contribution in [0.5, 0.6) is 0 Å². The lowest BCUT2D eigenvalue weighted by atomic mass is 9.77. The number of fused-ring (bicyclic) bond motifs is 9. The van der Waals surface area contributed by atoms with E-state index >= 15 is 0 Å². The van der Waals surface area contributed by atoms with Gasteiger partial charge in [-0.3, -0.25) is 0 Å². The Balaban J connectivity index is 1.08. The molecule has 0 bridgehead atoms. The van der Waals surface area contributed by atoms with Crippen LogP contribution < -0.4 is 0 Å². The Morgan fingerprint density at radius 3 is 1.70 bits per heavy atom. The first-order valence-electron chi connectivity index (χ1n) is 20.8. The lowest BCUT2D eigenvalue weighted by molar-refractivity contribution is 0.668. The van der Waals surface area contributed by atoms with E-state index in [9.17, 15) is 0 Å².